The molecule has 2 heterocycles. The second kappa shape index (κ2) is 6.89. The molecule has 0 radical (unpaired) electrons. The van der Waals surface area contributed by atoms with Crippen LogP contribution in [0, 0.1) is 0 Å². The molecule has 1 aromatic rings. The average Bonchev–Trinajstić information content (AvgIpc) is 3.08. The van der Waals surface area contributed by atoms with Crippen molar-refractivity contribution in [3.8, 4) is 0 Å². The van der Waals surface area contributed by atoms with E-state index in [0.29, 0.717) is 6.54 Å². The van der Waals surface area contributed by atoms with Gasteiger partial charge >= 0.3 is 6.03 Å². The fraction of sp³-hybridized carbons (Fsp3) is 0.625. The van der Waals surface area contributed by atoms with Crippen molar-refractivity contribution in [2.45, 2.75) is 38.3 Å². The number of hydrogen-bond acceptors (Lipinski definition) is 3. The maximum Gasteiger partial charge on any atom is 0.317 e. The van der Waals surface area contributed by atoms with Gasteiger partial charge in [-0.2, -0.15) is 0 Å². The number of urea groups is 1. The molecule has 3 rings (SSSR count). The maximum absolute atomic E-state index is 12.2. The molecule has 1 saturated heterocycles. The Kier molecular flexibility index (Phi) is 4.70. The van der Waals surface area contributed by atoms with E-state index >= 15 is 0 Å². The lowest BCUT2D eigenvalue weighted by atomic mass is 10.2. The molecular weight excluding hydrogens is 264 g/mol. The summed E-state index contributed by atoms with van der Waals surface area (Å²) in [7, 11) is 0. The minimum atomic E-state index is 0.0462. The van der Waals surface area contributed by atoms with Crippen molar-refractivity contribution in [3.63, 3.8) is 0 Å². The first-order valence-corrected chi connectivity index (χ1v) is 7.98. The van der Waals surface area contributed by atoms with Gasteiger partial charge in [-0.1, -0.05) is 18.9 Å². The van der Waals surface area contributed by atoms with Crippen LogP contribution >= 0.6 is 0 Å². The van der Waals surface area contributed by atoms with E-state index in [1.54, 1.807) is 12.4 Å². The number of amides is 2. The predicted molar refractivity (Wildman–Crippen MR) is 81.9 cm³/mol. The number of nitrogens with one attached hydrogen (secondary N) is 1. The van der Waals surface area contributed by atoms with E-state index in [-0.39, 0.29) is 6.03 Å². The Morgan fingerprint density at radius 1 is 1.24 bits per heavy atom. The van der Waals surface area contributed by atoms with Crippen LogP contribution in [0.3, 0.4) is 0 Å². The number of nitrogens with zero attached hydrogens (tertiary/aromatic N) is 3. The molecule has 1 aliphatic heterocycles. The van der Waals surface area contributed by atoms with E-state index in [1.165, 1.54) is 25.7 Å². The molecule has 1 N–H and O–H groups in total. The van der Waals surface area contributed by atoms with Gasteiger partial charge in [0, 0.05) is 51.2 Å². The number of aromatic nitrogens is 1. The van der Waals surface area contributed by atoms with E-state index in [9.17, 15) is 4.79 Å². The summed E-state index contributed by atoms with van der Waals surface area (Å²) in [4.78, 5) is 20.7. The van der Waals surface area contributed by atoms with E-state index in [1.807, 2.05) is 17.0 Å². The van der Waals surface area contributed by atoms with Gasteiger partial charge in [-0.25, -0.2) is 4.79 Å². The van der Waals surface area contributed by atoms with Crippen molar-refractivity contribution in [3.05, 3.63) is 30.1 Å². The fourth-order valence-corrected chi connectivity index (χ4v) is 3.35. The SMILES string of the molecule is O=C(NCc1cccnc1)N1CCN(C2CCCC2)CC1. The monoisotopic (exact) mass is 288 g/mol. The molecule has 21 heavy (non-hydrogen) atoms. The molecule has 0 aromatic carbocycles. The molecular formula is C16H24N4O. The second-order valence-corrected chi connectivity index (χ2v) is 5.98. The largest absolute Gasteiger partial charge is 0.334 e. The van der Waals surface area contributed by atoms with Gasteiger partial charge in [-0.15, -0.1) is 0 Å². The third-order valence-corrected chi connectivity index (χ3v) is 4.61. The highest BCUT2D eigenvalue weighted by atomic mass is 16.2. The first-order chi connectivity index (χ1) is 10.3. The van der Waals surface area contributed by atoms with Gasteiger partial charge in [0.2, 0.25) is 0 Å². The van der Waals surface area contributed by atoms with Crippen molar-refractivity contribution in [2.24, 2.45) is 0 Å². The van der Waals surface area contributed by atoms with Gasteiger partial charge in [-0.3, -0.25) is 9.88 Å². The zero-order valence-electron chi connectivity index (χ0n) is 12.5. The van der Waals surface area contributed by atoms with Crippen molar-refractivity contribution in [1.29, 1.82) is 0 Å². The summed E-state index contributed by atoms with van der Waals surface area (Å²) >= 11 is 0. The normalized spacial score (nSPS) is 20.7. The van der Waals surface area contributed by atoms with E-state index in [2.05, 4.69) is 15.2 Å². The van der Waals surface area contributed by atoms with Crippen LogP contribution < -0.4 is 5.32 Å². The van der Waals surface area contributed by atoms with Crippen LogP contribution in [0.2, 0.25) is 0 Å². The Morgan fingerprint density at radius 2 is 2.00 bits per heavy atom. The van der Waals surface area contributed by atoms with Gasteiger partial charge in [0.15, 0.2) is 0 Å². The summed E-state index contributed by atoms with van der Waals surface area (Å²) in [6, 6.07) is 4.68. The van der Waals surface area contributed by atoms with Crippen molar-refractivity contribution < 1.29 is 4.79 Å². The standard InChI is InChI=1S/C16H24N4O/c21-16(18-13-14-4-3-7-17-12-14)20-10-8-19(9-11-20)15-5-1-2-6-15/h3-4,7,12,15H,1-2,5-6,8-11,13H2,(H,18,21). The number of rotatable bonds is 3. The fourth-order valence-electron chi connectivity index (χ4n) is 3.35. The molecule has 0 spiro atoms. The topological polar surface area (TPSA) is 48.5 Å². The van der Waals surface area contributed by atoms with Crippen LogP contribution in [-0.4, -0.2) is 53.0 Å². The summed E-state index contributed by atoms with van der Waals surface area (Å²) in [6.07, 6.45) is 8.96. The van der Waals surface area contributed by atoms with Crippen LogP contribution in [0.4, 0.5) is 4.79 Å². The highest BCUT2D eigenvalue weighted by Crippen LogP contribution is 2.24. The zero-order chi connectivity index (χ0) is 14.5. The Balaban J connectivity index is 1.42. The summed E-state index contributed by atoms with van der Waals surface area (Å²) in [5.41, 5.74) is 1.04. The zero-order valence-corrected chi connectivity index (χ0v) is 12.5. The second-order valence-electron chi connectivity index (χ2n) is 5.98. The summed E-state index contributed by atoms with van der Waals surface area (Å²) in [5.74, 6) is 0. The van der Waals surface area contributed by atoms with Crippen molar-refractivity contribution in [2.75, 3.05) is 26.2 Å². The lowest BCUT2D eigenvalue weighted by Gasteiger charge is -2.38. The number of pyridine rings is 1. The van der Waals surface area contributed by atoms with Crippen molar-refractivity contribution in [1.82, 2.24) is 20.1 Å². The summed E-state index contributed by atoms with van der Waals surface area (Å²) in [6.45, 7) is 4.27. The first kappa shape index (κ1) is 14.3. The smallest absolute Gasteiger partial charge is 0.317 e. The van der Waals surface area contributed by atoms with Crippen LogP contribution in [0.25, 0.3) is 0 Å². The number of carbonyl (C=O) groups is 1. The third kappa shape index (κ3) is 3.73. The lowest BCUT2D eigenvalue weighted by molar-refractivity contribution is 0.109. The molecule has 0 bridgehead atoms. The Labute approximate surface area is 126 Å². The molecule has 5 nitrogen and oxygen atoms in total. The number of carbonyl (C=O) groups excluding carboxylic acids is 1. The van der Waals surface area contributed by atoms with Crippen LogP contribution in [0.1, 0.15) is 31.2 Å². The van der Waals surface area contributed by atoms with E-state index < -0.39 is 0 Å². The number of hydrogen-bond donors (Lipinski definition) is 1. The van der Waals surface area contributed by atoms with Crippen LogP contribution in [0.15, 0.2) is 24.5 Å². The first-order valence-electron chi connectivity index (χ1n) is 7.98. The Morgan fingerprint density at radius 3 is 2.67 bits per heavy atom. The summed E-state index contributed by atoms with van der Waals surface area (Å²) in [5, 5.41) is 2.98. The quantitative estimate of drug-likeness (QED) is 0.923. The highest BCUT2D eigenvalue weighted by Gasteiger charge is 2.27. The Bertz CT molecular complexity index is 451. The molecule has 1 aliphatic carbocycles. The molecule has 1 aromatic heterocycles. The summed E-state index contributed by atoms with van der Waals surface area (Å²) < 4.78 is 0. The van der Waals surface area contributed by atoms with E-state index in [0.717, 1.165) is 37.8 Å². The minimum Gasteiger partial charge on any atom is -0.334 e. The molecule has 2 fully saturated rings. The lowest BCUT2D eigenvalue weighted by Crippen LogP contribution is -2.53. The molecule has 2 amide bonds. The Hall–Kier alpha value is -1.62. The minimum absolute atomic E-state index is 0.0462. The molecule has 1 saturated carbocycles. The predicted octanol–water partition coefficient (Wildman–Crippen LogP) is 1.85. The maximum atomic E-state index is 12.2. The molecule has 0 unspecified atom stereocenters. The molecule has 114 valence electrons. The molecule has 0 atom stereocenters. The highest BCUT2D eigenvalue weighted by molar-refractivity contribution is 5.74. The van der Waals surface area contributed by atoms with Gasteiger partial charge < -0.3 is 10.2 Å². The van der Waals surface area contributed by atoms with Gasteiger partial charge in [-0.05, 0) is 24.5 Å². The third-order valence-electron chi connectivity index (χ3n) is 4.61. The van der Waals surface area contributed by atoms with Crippen LogP contribution in [-0.2, 0) is 6.54 Å². The van der Waals surface area contributed by atoms with Gasteiger partial charge in [0.05, 0.1) is 0 Å². The molecule has 5 heteroatoms. The van der Waals surface area contributed by atoms with E-state index in [4.69, 9.17) is 0 Å². The van der Waals surface area contributed by atoms with Crippen LogP contribution in [0.5, 0.6) is 0 Å². The van der Waals surface area contributed by atoms with Gasteiger partial charge in [0.1, 0.15) is 0 Å². The van der Waals surface area contributed by atoms with Gasteiger partial charge in [0.25, 0.3) is 0 Å². The molecule has 2 aliphatic rings. The average molecular weight is 288 g/mol. The number of piperazine rings is 1. The van der Waals surface area contributed by atoms with Crippen molar-refractivity contribution >= 4 is 6.03 Å².